The first-order valence-corrected chi connectivity index (χ1v) is 9.11. The van der Waals surface area contributed by atoms with Crippen LogP contribution in [0, 0.1) is 0 Å². The van der Waals surface area contributed by atoms with Crippen molar-refractivity contribution in [2.45, 2.75) is 19.3 Å². The van der Waals surface area contributed by atoms with Gasteiger partial charge in [0.1, 0.15) is 22.9 Å². The predicted octanol–water partition coefficient (Wildman–Crippen LogP) is 2.92. The molecule has 0 aliphatic carbocycles. The fraction of sp³-hybridized carbons (Fsp3) is 0.350. The maximum absolute atomic E-state index is 12.0. The lowest BCUT2D eigenvalue weighted by Crippen LogP contribution is -2.42. The van der Waals surface area contributed by atoms with Crippen LogP contribution in [0.15, 0.2) is 36.5 Å². The zero-order valence-corrected chi connectivity index (χ0v) is 15.3. The van der Waals surface area contributed by atoms with Crippen molar-refractivity contribution in [1.29, 1.82) is 0 Å². The zero-order valence-electron chi connectivity index (χ0n) is 15.3. The Labute approximate surface area is 162 Å². The Balaban J connectivity index is 0.000000391. The smallest absolute Gasteiger partial charge is 0.335 e. The molecule has 1 aromatic carbocycles. The van der Waals surface area contributed by atoms with Gasteiger partial charge >= 0.3 is 5.97 Å². The van der Waals surface area contributed by atoms with Crippen LogP contribution < -0.4 is 4.74 Å². The summed E-state index contributed by atoms with van der Waals surface area (Å²) in [6.07, 6.45) is 4.95. The summed E-state index contributed by atoms with van der Waals surface area (Å²) in [7, 11) is 0. The lowest BCUT2D eigenvalue weighted by Gasteiger charge is -2.30. The van der Waals surface area contributed by atoms with Crippen LogP contribution in [-0.2, 0) is 4.74 Å². The van der Waals surface area contributed by atoms with E-state index in [1.807, 2.05) is 0 Å². The third-order valence-corrected chi connectivity index (χ3v) is 4.30. The number of carbonyl (C=O) groups is 2. The van der Waals surface area contributed by atoms with E-state index in [2.05, 4.69) is 4.98 Å². The zero-order chi connectivity index (χ0) is 19.9. The summed E-state index contributed by atoms with van der Waals surface area (Å²) in [5.41, 5.74) is 0.247. The van der Waals surface area contributed by atoms with Gasteiger partial charge in [-0.25, -0.2) is 9.78 Å². The van der Waals surface area contributed by atoms with E-state index >= 15 is 0 Å². The molecule has 2 aliphatic heterocycles. The van der Waals surface area contributed by atoms with Gasteiger partial charge in [0.2, 0.25) is 0 Å². The summed E-state index contributed by atoms with van der Waals surface area (Å²) in [6, 6.07) is 6.84. The van der Waals surface area contributed by atoms with Crippen LogP contribution in [0.3, 0.4) is 0 Å². The van der Waals surface area contributed by atoms with E-state index in [1.54, 1.807) is 17.0 Å². The number of aromatic nitrogens is 1. The van der Waals surface area contributed by atoms with Gasteiger partial charge in [-0.3, -0.25) is 4.79 Å². The van der Waals surface area contributed by atoms with Crippen LogP contribution in [0.1, 0.15) is 40.1 Å². The number of benzene rings is 1. The Bertz CT molecular complexity index is 821. The van der Waals surface area contributed by atoms with Gasteiger partial charge in [-0.05, 0) is 43.5 Å². The maximum atomic E-state index is 12.0. The third kappa shape index (κ3) is 5.20. The minimum Gasteiger partial charge on any atom is -0.508 e. The quantitative estimate of drug-likeness (QED) is 0.831. The van der Waals surface area contributed by atoms with Crippen LogP contribution in [0.4, 0.5) is 0 Å². The molecule has 8 nitrogen and oxygen atoms in total. The van der Waals surface area contributed by atoms with E-state index < -0.39 is 5.97 Å². The Kier molecular flexibility index (Phi) is 6.44. The molecule has 0 spiro atoms. The molecule has 2 fully saturated rings. The molecule has 0 atom stereocenters. The molecule has 0 unspecified atom stereocenters. The minimum absolute atomic E-state index is 0.0856. The van der Waals surface area contributed by atoms with Crippen LogP contribution in [0.2, 0.25) is 0 Å². The Morgan fingerprint density at radius 1 is 1.04 bits per heavy atom. The molecular weight excluding hydrogens is 364 g/mol. The van der Waals surface area contributed by atoms with Crippen molar-refractivity contribution in [1.82, 2.24) is 9.88 Å². The number of nitrogens with zero attached hydrogens (tertiary/aromatic N) is 2. The van der Waals surface area contributed by atoms with Crippen molar-refractivity contribution < 1.29 is 29.3 Å². The fourth-order valence-corrected chi connectivity index (χ4v) is 2.66. The lowest BCUT2D eigenvalue weighted by molar-refractivity contribution is 0.0644. The topological polar surface area (TPSA) is 109 Å². The summed E-state index contributed by atoms with van der Waals surface area (Å²) >= 11 is 0. The number of carboxylic acids is 1. The highest BCUT2D eigenvalue weighted by Gasteiger charge is 2.22. The molecule has 4 rings (SSSR count). The lowest BCUT2D eigenvalue weighted by atomic mass is 10.2. The first-order chi connectivity index (χ1) is 13.5. The number of pyridine rings is 1. The standard InChI is InChI=1S/C16H14N2O5.C4H8O/c19-11-6-10(16(21)22)7-13(8-11)23-12-2-3-14(17-9-12)15(20)18-4-1-5-18;1-2-4-5-3-1/h2-3,6-9,19H,1,4-5H2,(H,21,22);1-4H2. The minimum atomic E-state index is -1.17. The number of ether oxygens (including phenoxy) is 2. The average Bonchev–Trinajstić information content (AvgIpc) is 3.20. The van der Waals surface area contributed by atoms with Crippen molar-refractivity contribution >= 4 is 11.9 Å². The number of carbonyl (C=O) groups excluding carboxylic acids is 1. The van der Waals surface area contributed by atoms with E-state index in [0.29, 0.717) is 11.4 Å². The van der Waals surface area contributed by atoms with E-state index in [0.717, 1.165) is 38.8 Å². The van der Waals surface area contributed by atoms with Crippen molar-refractivity contribution in [3.8, 4) is 17.2 Å². The van der Waals surface area contributed by atoms with Gasteiger partial charge in [0, 0.05) is 32.4 Å². The second kappa shape index (κ2) is 9.18. The molecule has 2 aromatic rings. The van der Waals surface area contributed by atoms with Crippen molar-refractivity contribution in [3.63, 3.8) is 0 Å². The molecule has 1 aromatic heterocycles. The van der Waals surface area contributed by atoms with E-state index in [1.165, 1.54) is 31.2 Å². The number of carboxylic acid groups (broad SMARTS) is 1. The first-order valence-electron chi connectivity index (χ1n) is 9.11. The molecule has 0 radical (unpaired) electrons. The first kappa shape index (κ1) is 19.6. The highest BCUT2D eigenvalue weighted by atomic mass is 16.5. The Morgan fingerprint density at radius 2 is 1.79 bits per heavy atom. The normalized spacial score (nSPS) is 15.2. The maximum Gasteiger partial charge on any atom is 0.335 e. The molecule has 2 N–H and O–H groups in total. The van der Waals surface area contributed by atoms with Crippen LogP contribution >= 0.6 is 0 Å². The van der Waals surface area contributed by atoms with Gasteiger partial charge in [0.15, 0.2) is 0 Å². The van der Waals surface area contributed by atoms with Crippen molar-refractivity contribution in [2.24, 2.45) is 0 Å². The molecule has 2 aliphatic rings. The van der Waals surface area contributed by atoms with Crippen molar-refractivity contribution in [3.05, 3.63) is 47.8 Å². The van der Waals surface area contributed by atoms with Gasteiger partial charge in [0.25, 0.3) is 5.91 Å². The summed E-state index contributed by atoms with van der Waals surface area (Å²) in [5, 5.41) is 18.5. The second-order valence-corrected chi connectivity index (χ2v) is 6.47. The second-order valence-electron chi connectivity index (χ2n) is 6.47. The number of rotatable bonds is 4. The van der Waals surface area contributed by atoms with E-state index in [4.69, 9.17) is 14.6 Å². The average molecular weight is 386 g/mol. The fourth-order valence-electron chi connectivity index (χ4n) is 2.66. The van der Waals surface area contributed by atoms with E-state index in [9.17, 15) is 14.7 Å². The molecule has 148 valence electrons. The highest BCUT2D eigenvalue weighted by molar-refractivity contribution is 5.92. The molecule has 0 saturated carbocycles. The number of amides is 1. The van der Waals surface area contributed by atoms with Gasteiger partial charge < -0.3 is 24.6 Å². The number of likely N-dealkylation sites (tertiary alicyclic amines) is 1. The SMILES string of the molecule is C1CCOC1.O=C(O)c1cc(O)cc(Oc2ccc(C(=O)N3CCC3)nc2)c1. The molecule has 1 amide bonds. The van der Waals surface area contributed by atoms with Crippen LogP contribution in [0.25, 0.3) is 0 Å². The molecule has 28 heavy (non-hydrogen) atoms. The van der Waals surface area contributed by atoms with Gasteiger partial charge in [0.05, 0.1) is 11.8 Å². The summed E-state index contributed by atoms with van der Waals surface area (Å²) in [5.74, 6) is -0.983. The summed E-state index contributed by atoms with van der Waals surface area (Å²) in [6.45, 7) is 3.50. The molecular formula is C20H22N2O6. The monoisotopic (exact) mass is 386 g/mol. The number of hydrogen-bond acceptors (Lipinski definition) is 6. The number of phenols is 1. The number of phenolic OH excluding ortho intramolecular Hbond substituents is 1. The molecule has 0 bridgehead atoms. The Hall–Kier alpha value is -3.13. The van der Waals surface area contributed by atoms with Gasteiger partial charge in [-0.2, -0.15) is 0 Å². The number of hydrogen-bond donors (Lipinski definition) is 2. The molecule has 3 heterocycles. The number of aromatic hydroxyl groups is 1. The van der Waals surface area contributed by atoms with Crippen LogP contribution in [-0.4, -0.2) is 58.3 Å². The highest BCUT2D eigenvalue weighted by Crippen LogP contribution is 2.26. The molecule has 2 saturated heterocycles. The number of aromatic carboxylic acids is 1. The largest absolute Gasteiger partial charge is 0.508 e. The predicted molar refractivity (Wildman–Crippen MR) is 100.0 cm³/mol. The summed E-state index contributed by atoms with van der Waals surface area (Å²) < 4.78 is 10.4. The van der Waals surface area contributed by atoms with Crippen molar-refractivity contribution in [2.75, 3.05) is 26.3 Å². The molecule has 8 heteroatoms. The van der Waals surface area contributed by atoms with Crippen LogP contribution in [0.5, 0.6) is 17.2 Å². The summed E-state index contributed by atoms with van der Waals surface area (Å²) in [4.78, 5) is 28.7. The van der Waals surface area contributed by atoms with Gasteiger partial charge in [-0.1, -0.05) is 0 Å². The van der Waals surface area contributed by atoms with E-state index in [-0.39, 0.29) is 23.0 Å². The Morgan fingerprint density at radius 3 is 2.29 bits per heavy atom. The third-order valence-electron chi connectivity index (χ3n) is 4.30. The van der Waals surface area contributed by atoms with Gasteiger partial charge in [-0.15, -0.1) is 0 Å².